The first-order chi connectivity index (χ1) is 8.45. The number of hydrogen-bond acceptors (Lipinski definition) is 0. The first kappa shape index (κ1) is 18.7. The van der Waals surface area contributed by atoms with Crippen molar-refractivity contribution in [3.63, 3.8) is 0 Å². The molecule has 0 aliphatic heterocycles. The molecule has 1 heteroatoms. The molecule has 0 aromatic carbocycles. The van der Waals surface area contributed by atoms with Crippen molar-refractivity contribution in [3.8, 4) is 0 Å². The van der Waals surface area contributed by atoms with E-state index in [1.165, 1.54) is 55.8 Å². The summed E-state index contributed by atoms with van der Waals surface area (Å²) in [6, 6.07) is 0. The molecule has 0 radical (unpaired) electrons. The van der Waals surface area contributed by atoms with Gasteiger partial charge in [-0.05, 0) is 42.9 Å². The molecule has 0 saturated heterocycles. The van der Waals surface area contributed by atoms with Crippen molar-refractivity contribution in [2.24, 2.45) is 17.3 Å². The molecule has 0 atom stereocenters. The van der Waals surface area contributed by atoms with Gasteiger partial charge in [-0.2, -0.15) is 0 Å². The van der Waals surface area contributed by atoms with Crippen LogP contribution in [-0.4, -0.2) is 4.43 Å². The molecule has 0 amide bonds. The average Bonchev–Trinajstić information content (AvgIpc) is 2.23. The van der Waals surface area contributed by atoms with Crippen molar-refractivity contribution in [2.45, 2.75) is 86.0 Å². The molecule has 0 aliphatic carbocycles. The first-order valence-electron chi connectivity index (χ1n) is 8.01. The van der Waals surface area contributed by atoms with Crippen molar-refractivity contribution < 1.29 is 0 Å². The number of rotatable bonds is 11. The topological polar surface area (TPSA) is 0 Å². The van der Waals surface area contributed by atoms with Crippen LogP contribution in [-0.2, 0) is 0 Å². The zero-order chi connectivity index (χ0) is 14.0. The second-order valence-corrected chi connectivity index (χ2v) is 8.02. The Morgan fingerprint density at radius 3 is 1.78 bits per heavy atom. The maximum Gasteiger partial charge on any atom is 0.0000559 e. The smallest absolute Gasteiger partial charge is 0.0000559 e. The second kappa shape index (κ2) is 10.5. The number of halogens is 1. The summed E-state index contributed by atoms with van der Waals surface area (Å²) in [7, 11) is 0. The van der Waals surface area contributed by atoms with E-state index < -0.39 is 0 Å². The molecule has 0 saturated carbocycles. The van der Waals surface area contributed by atoms with E-state index >= 15 is 0 Å². The van der Waals surface area contributed by atoms with E-state index in [9.17, 15) is 0 Å². The van der Waals surface area contributed by atoms with Gasteiger partial charge in [0.15, 0.2) is 0 Å². The van der Waals surface area contributed by atoms with E-state index in [0.29, 0.717) is 5.41 Å². The van der Waals surface area contributed by atoms with Gasteiger partial charge in [0.2, 0.25) is 0 Å². The zero-order valence-electron chi connectivity index (χ0n) is 13.4. The van der Waals surface area contributed by atoms with Gasteiger partial charge < -0.3 is 0 Å². The highest BCUT2D eigenvalue weighted by Gasteiger charge is 2.30. The lowest BCUT2D eigenvalue weighted by atomic mass is 9.69. The molecule has 0 rings (SSSR count). The normalized spacial score (nSPS) is 12.7. The molecule has 110 valence electrons. The van der Waals surface area contributed by atoms with Gasteiger partial charge in [-0.15, -0.1) is 0 Å². The Balaban J connectivity index is 4.49. The summed E-state index contributed by atoms with van der Waals surface area (Å²) in [5, 5.41) is 0. The summed E-state index contributed by atoms with van der Waals surface area (Å²) in [6.07, 6.45) is 11.4. The van der Waals surface area contributed by atoms with Crippen LogP contribution in [0.4, 0.5) is 0 Å². The van der Waals surface area contributed by atoms with Crippen LogP contribution in [0.2, 0.25) is 0 Å². The van der Waals surface area contributed by atoms with Crippen molar-refractivity contribution in [1.29, 1.82) is 0 Å². The molecule has 0 aromatic rings. The van der Waals surface area contributed by atoms with Gasteiger partial charge in [0.1, 0.15) is 0 Å². The number of alkyl halides is 1. The summed E-state index contributed by atoms with van der Waals surface area (Å²) < 4.78 is 1.32. The summed E-state index contributed by atoms with van der Waals surface area (Å²) in [6.45, 7) is 11.9. The van der Waals surface area contributed by atoms with E-state index in [2.05, 4.69) is 57.2 Å². The number of unbranched alkanes of at least 4 members (excludes halogenated alkanes) is 3. The monoisotopic (exact) mass is 366 g/mol. The Labute approximate surface area is 130 Å². The fourth-order valence-corrected chi connectivity index (χ4v) is 4.62. The average molecular weight is 366 g/mol. The third-order valence-corrected chi connectivity index (χ3v) is 4.41. The van der Waals surface area contributed by atoms with Crippen molar-refractivity contribution in [1.82, 2.24) is 0 Å². The largest absolute Gasteiger partial charge is 0.0864 e. The van der Waals surface area contributed by atoms with Crippen LogP contribution in [0.3, 0.4) is 0 Å². The highest BCUT2D eigenvalue weighted by molar-refractivity contribution is 14.1. The SMILES string of the molecule is CCCCCCC(CCI)(CC(C)C)CC(C)C. The summed E-state index contributed by atoms with van der Waals surface area (Å²) in [5.41, 5.74) is 0.636. The standard InChI is InChI=1S/C17H35I/c1-6-7-8-9-10-17(11-12-18,13-15(2)3)14-16(4)5/h15-16H,6-14H2,1-5H3. The van der Waals surface area contributed by atoms with E-state index in [0.717, 1.165) is 11.8 Å². The lowest BCUT2D eigenvalue weighted by Gasteiger charge is -2.37. The molecule has 0 spiro atoms. The fourth-order valence-electron chi connectivity index (χ4n) is 3.48. The Hall–Kier alpha value is 0.730. The van der Waals surface area contributed by atoms with Crippen molar-refractivity contribution >= 4 is 22.6 Å². The Morgan fingerprint density at radius 1 is 0.833 bits per heavy atom. The van der Waals surface area contributed by atoms with E-state index in [-0.39, 0.29) is 0 Å². The summed E-state index contributed by atoms with van der Waals surface area (Å²) in [5.74, 6) is 1.69. The Bertz CT molecular complexity index is 174. The molecule has 0 aliphatic rings. The minimum Gasteiger partial charge on any atom is -0.0864 e. The molecule has 0 aromatic heterocycles. The third kappa shape index (κ3) is 8.77. The van der Waals surface area contributed by atoms with Crippen LogP contribution in [0.15, 0.2) is 0 Å². The highest BCUT2D eigenvalue weighted by Crippen LogP contribution is 2.42. The van der Waals surface area contributed by atoms with Gasteiger partial charge in [-0.1, -0.05) is 82.9 Å². The van der Waals surface area contributed by atoms with E-state index in [1.807, 2.05) is 0 Å². The highest BCUT2D eigenvalue weighted by atomic mass is 127. The molecule has 0 bridgehead atoms. The third-order valence-electron chi connectivity index (χ3n) is 3.87. The van der Waals surface area contributed by atoms with Crippen LogP contribution in [0.25, 0.3) is 0 Å². The summed E-state index contributed by atoms with van der Waals surface area (Å²) in [4.78, 5) is 0. The van der Waals surface area contributed by atoms with Gasteiger partial charge in [-0.3, -0.25) is 0 Å². The molecular formula is C17H35I. The zero-order valence-corrected chi connectivity index (χ0v) is 15.6. The van der Waals surface area contributed by atoms with Gasteiger partial charge >= 0.3 is 0 Å². The second-order valence-electron chi connectivity index (χ2n) is 6.95. The molecular weight excluding hydrogens is 331 g/mol. The maximum absolute atomic E-state index is 2.57. The lowest BCUT2D eigenvalue weighted by Crippen LogP contribution is -2.26. The molecule has 0 unspecified atom stereocenters. The molecule has 0 heterocycles. The maximum atomic E-state index is 2.57. The van der Waals surface area contributed by atoms with Crippen LogP contribution in [0.1, 0.15) is 86.0 Å². The quantitative estimate of drug-likeness (QED) is 0.213. The van der Waals surface area contributed by atoms with Gasteiger partial charge in [-0.25, -0.2) is 0 Å². The predicted molar refractivity (Wildman–Crippen MR) is 93.6 cm³/mol. The van der Waals surface area contributed by atoms with Gasteiger partial charge in [0, 0.05) is 4.43 Å². The van der Waals surface area contributed by atoms with Crippen LogP contribution in [0.5, 0.6) is 0 Å². The van der Waals surface area contributed by atoms with E-state index in [1.54, 1.807) is 0 Å². The van der Waals surface area contributed by atoms with Gasteiger partial charge in [0.25, 0.3) is 0 Å². The van der Waals surface area contributed by atoms with Crippen molar-refractivity contribution in [3.05, 3.63) is 0 Å². The fraction of sp³-hybridized carbons (Fsp3) is 1.00. The van der Waals surface area contributed by atoms with Crippen LogP contribution < -0.4 is 0 Å². The molecule has 0 N–H and O–H groups in total. The molecule has 0 fully saturated rings. The number of hydrogen-bond donors (Lipinski definition) is 0. The summed E-state index contributed by atoms with van der Waals surface area (Å²) >= 11 is 2.57. The first-order valence-corrected chi connectivity index (χ1v) is 9.54. The van der Waals surface area contributed by atoms with E-state index in [4.69, 9.17) is 0 Å². The van der Waals surface area contributed by atoms with Gasteiger partial charge in [0.05, 0.1) is 0 Å². The molecule has 0 nitrogen and oxygen atoms in total. The Kier molecular flexibility index (Phi) is 10.9. The van der Waals surface area contributed by atoms with Crippen molar-refractivity contribution in [2.75, 3.05) is 4.43 Å². The lowest BCUT2D eigenvalue weighted by molar-refractivity contribution is 0.154. The predicted octanol–water partition coefficient (Wildman–Crippen LogP) is 6.86. The van der Waals surface area contributed by atoms with Crippen LogP contribution >= 0.6 is 22.6 Å². The Morgan fingerprint density at radius 2 is 1.39 bits per heavy atom. The minimum atomic E-state index is 0.636. The van der Waals surface area contributed by atoms with Crippen LogP contribution in [0, 0.1) is 17.3 Å². The molecule has 18 heavy (non-hydrogen) atoms. The minimum absolute atomic E-state index is 0.636.